The van der Waals surface area contributed by atoms with Crippen LogP contribution in [0, 0.1) is 11.3 Å². The van der Waals surface area contributed by atoms with Gasteiger partial charge in [0.15, 0.2) is 0 Å². The molecule has 2 rings (SSSR count). The van der Waals surface area contributed by atoms with Crippen LogP contribution in [0.5, 0.6) is 5.75 Å². The van der Waals surface area contributed by atoms with Crippen molar-refractivity contribution in [3.05, 3.63) is 53.1 Å². The first-order valence-corrected chi connectivity index (χ1v) is 7.44. The number of amides is 1. The number of halogens is 1. The highest BCUT2D eigenvalue weighted by molar-refractivity contribution is 6.32. The molecule has 0 saturated heterocycles. The zero-order valence-electron chi connectivity index (χ0n) is 12.6. The van der Waals surface area contributed by atoms with E-state index in [1.54, 1.807) is 42.5 Å². The van der Waals surface area contributed by atoms with Crippen molar-refractivity contribution in [2.45, 2.75) is 6.92 Å². The Morgan fingerprint density at radius 3 is 2.57 bits per heavy atom. The molecule has 0 unspecified atom stereocenters. The van der Waals surface area contributed by atoms with Crippen LogP contribution in [0.4, 0.5) is 11.4 Å². The summed E-state index contributed by atoms with van der Waals surface area (Å²) in [4.78, 5) is 14.1. The number of carbonyl (C=O) groups is 1. The van der Waals surface area contributed by atoms with Gasteiger partial charge in [0.1, 0.15) is 11.8 Å². The smallest absolute Gasteiger partial charge is 0.243 e. The predicted molar refractivity (Wildman–Crippen MR) is 90.8 cm³/mol. The number of aromatic hydroxyl groups is 1. The van der Waals surface area contributed by atoms with Crippen LogP contribution in [0.1, 0.15) is 12.5 Å². The standard InChI is InChI=1S/C17H16ClN3O2/c1-2-21(14-5-7-15(22)8-6-14)11-17(23)20-13-4-3-12(10-19)16(18)9-13/h3-9,22H,2,11H2,1H3,(H,20,23). The molecular formula is C17H16ClN3O2. The molecule has 118 valence electrons. The SMILES string of the molecule is CCN(CC(=O)Nc1ccc(C#N)c(Cl)c1)c1ccc(O)cc1. The Morgan fingerprint density at radius 2 is 2.00 bits per heavy atom. The number of phenolic OH excluding ortho intramolecular Hbond substituents is 1. The second-order valence-corrected chi connectivity index (χ2v) is 5.29. The topological polar surface area (TPSA) is 76.4 Å². The van der Waals surface area contributed by atoms with Crippen molar-refractivity contribution in [1.82, 2.24) is 0 Å². The molecular weight excluding hydrogens is 314 g/mol. The van der Waals surface area contributed by atoms with Crippen molar-refractivity contribution in [2.75, 3.05) is 23.3 Å². The highest BCUT2D eigenvalue weighted by Gasteiger charge is 2.11. The zero-order valence-corrected chi connectivity index (χ0v) is 13.3. The van der Waals surface area contributed by atoms with Gasteiger partial charge in [-0.25, -0.2) is 0 Å². The quantitative estimate of drug-likeness (QED) is 0.881. The van der Waals surface area contributed by atoms with Crippen LogP contribution < -0.4 is 10.2 Å². The molecule has 0 fully saturated rings. The van der Waals surface area contributed by atoms with Gasteiger partial charge < -0.3 is 15.3 Å². The van der Waals surface area contributed by atoms with Gasteiger partial charge in [-0.05, 0) is 49.4 Å². The summed E-state index contributed by atoms with van der Waals surface area (Å²) in [5.41, 5.74) is 1.75. The Balaban J connectivity index is 2.04. The highest BCUT2D eigenvalue weighted by Crippen LogP contribution is 2.21. The molecule has 6 heteroatoms. The number of carbonyl (C=O) groups excluding carboxylic acids is 1. The maximum Gasteiger partial charge on any atom is 0.243 e. The summed E-state index contributed by atoms with van der Waals surface area (Å²) in [6.45, 7) is 2.75. The molecule has 0 bridgehead atoms. The summed E-state index contributed by atoms with van der Waals surface area (Å²) < 4.78 is 0. The van der Waals surface area contributed by atoms with Crippen LogP contribution in [0.2, 0.25) is 5.02 Å². The lowest BCUT2D eigenvalue weighted by molar-refractivity contribution is -0.115. The van der Waals surface area contributed by atoms with E-state index < -0.39 is 0 Å². The molecule has 23 heavy (non-hydrogen) atoms. The van der Waals surface area contributed by atoms with Gasteiger partial charge in [0.25, 0.3) is 0 Å². The number of anilines is 2. The third-order valence-corrected chi connectivity index (χ3v) is 3.62. The number of hydrogen-bond donors (Lipinski definition) is 2. The Morgan fingerprint density at radius 1 is 1.30 bits per heavy atom. The molecule has 0 spiro atoms. The maximum absolute atomic E-state index is 12.2. The summed E-state index contributed by atoms with van der Waals surface area (Å²) in [5, 5.41) is 21.2. The minimum atomic E-state index is -0.194. The Labute approximate surface area is 139 Å². The highest BCUT2D eigenvalue weighted by atomic mass is 35.5. The normalized spacial score (nSPS) is 9.96. The van der Waals surface area contributed by atoms with Gasteiger partial charge in [0, 0.05) is 17.9 Å². The van der Waals surface area contributed by atoms with Crippen molar-refractivity contribution in [1.29, 1.82) is 5.26 Å². The Bertz CT molecular complexity index is 738. The lowest BCUT2D eigenvalue weighted by atomic mass is 10.2. The molecule has 0 heterocycles. The maximum atomic E-state index is 12.2. The van der Waals surface area contributed by atoms with E-state index >= 15 is 0 Å². The second-order valence-electron chi connectivity index (χ2n) is 4.89. The summed E-state index contributed by atoms with van der Waals surface area (Å²) >= 11 is 5.95. The van der Waals surface area contributed by atoms with Gasteiger partial charge in [-0.2, -0.15) is 5.26 Å². The van der Waals surface area contributed by atoms with Gasteiger partial charge in [-0.3, -0.25) is 4.79 Å². The van der Waals surface area contributed by atoms with Gasteiger partial charge in [0.2, 0.25) is 5.91 Å². The number of hydrogen-bond acceptors (Lipinski definition) is 4. The number of nitrogens with zero attached hydrogens (tertiary/aromatic N) is 2. The van der Waals surface area contributed by atoms with Gasteiger partial charge in [0.05, 0.1) is 17.1 Å². The van der Waals surface area contributed by atoms with Crippen LogP contribution >= 0.6 is 11.6 Å². The van der Waals surface area contributed by atoms with Crippen molar-refractivity contribution < 1.29 is 9.90 Å². The molecule has 0 aliphatic carbocycles. The van der Waals surface area contributed by atoms with E-state index in [1.807, 2.05) is 17.9 Å². The lowest BCUT2D eigenvalue weighted by Gasteiger charge is -2.22. The molecule has 0 aliphatic heterocycles. The summed E-state index contributed by atoms with van der Waals surface area (Å²) in [6, 6.07) is 13.4. The number of nitriles is 1. The number of phenols is 1. The Kier molecular flexibility index (Phi) is 5.45. The van der Waals surface area contributed by atoms with E-state index in [0.29, 0.717) is 22.8 Å². The number of nitrogens with one attached hydrogen (secondary N) is 1. The zero-order chi connectivity index (χ0) is 16.8. The molecule has 2 aromatic rings. The van der Waals surface area contributed by atoms with E-state index in [-0.39, 0.29) is 18.2 Å². The van der Waals surface area contributed by atoms with Crippen molar-refractivity contribution >= 4 is 28.9 Å². The average molecular weight is 330 g/mol. The minimum absolute atomic E-state index is 0.166. The van der Waals surface area contributed by atoms with Gasteiger partial charge in [-0.15, -0.1) is 0 Å². The van der Waals surface area contributed by atoms with E-state index in [2.05, 4.69) is 5.32 Å². The average Bonchev–Trinajstić information content (AvgIpc) is 2.54. The van der Waals surface area contributed by atoms with E-state index in [9.17, 15) is 9.90 Å². The number of likely N-dealkylation sites (N-methyl/N-ethyl adjacent to an activating group) is 1. The van der Waals surface area contributed by atoms with Crippen LogP contribution in [0.3, 0.4) is 0 Å². The predicted octanol–water partition coefficient (Wildman–Crippen LogP) is 3.38. The van der Waals surface area contributed by atoms with Crippen molar-refractivity contribution in [2.24, 2.45) is 0 Å². The molecule has 0 aliphatic rings. The van der Waals surface area contributed by atoms with E-state index in [0.717, 1.165) is 5.69 Å². The Hall–Kier alpha value is -2.71. The van der Waals surface area contributed by atoms with Gasteiger partial charge >= 0.3 is 0 Å². The van der Waals surface area contributed by atoms with E-state index in [4.69, 9.17) is 16.9 Å². The monoisotopic (exact) mass is 329 g/mol. The summed E-state index contributed by atoms with van der Waals surface area (Å²) in [5.74, 6) is -0.0119. The summed E-state index contributed by atoms with van der Waals surface area (Å²) in [7, 11) is 0. The molecule has 0 atom stereocenters. The fourth-order valence-corrected chi connectivity index (χ4v) is 2.33. The van der Waals surface area contributed by atoms with Crippen LogP contribution in [-0.4, -0.2) is 24.1 Å². The number of rotatable bonds is 5. The fraction of sp³-hybridized carbons (Fsp3) is 0.176. The third-order valence-electron chi connectivity index (χ3n) is 3.30. The minimum Gasteiger partial charge on any atom is -0.508 e. The summed E-state index contributed by atoms with van der Waals surface area (Å²) in [6.07, 6.45) is 0. The van der Waals surface area contributed by atoms with Crippen molar-refractivity contribution in [3.8, 4) is 11.8 Å². The molecule has 2 N–H and O–H groups in total. The molecule has 1 amide bonds. The molecule has 0 aromatic heterocycles. The van der Waals surface area contributed by atoms with E-state index in [1.165, 1.54) is 0 Å². The number of benzene rings is 2. The second kappa shape index (κ2) is 7.52. The third kappa shape index (κ3) is 4.38. The molecule has 5 nitrogen and oxygen atoms in total. The van der Waals surface area contributed by atoms with Crippen LogP contribution in [0.15, 0.2) is 42.5 Å². The molecule has 0 radical (unpaired) electrons. The lowest BCUT2D eigenvalue weighted by Crippen LogP contribution is -2.33. The first kappa shape index (κ1) is 16.7. The molecule has 0 saturated carbocycles. The van der Waals surface area contributed by atoms with Crippen LogP contribution in [0.25, 0.3) is 0 Å². The first-order valence-electron chi connectivity index (χ1n) is 7.07. The van der Waals surface area contributed by atoms with Crippen LogP contribution in [-0.2, 0) is 4.79 Å². The molecule has 2 aromatic carbocycles. The van der Waals surface area contributed by atoms with Gasteiger partial charge in [-0.1, -0.05) is 11.6 Å². The largest absolute Gasteiger partial charge is 0.508 e. The fourth-order valence-electron chi connectivity index (χ4n) is 2.11. The first-order chi connectivity index (χ1) is 11.0. The van der Waals surface area contributed by atoms with Crippen molar-refractivity contribution in [3.63, 3.8) is 0 Å².